The molecule has 0 aromatic carbocycles. The Morgan fingerprint density at radius 1 is 1.35 bits per heavy atom. The quantitative estimate of drug-likeness (QED) is 0.687. The second-order valence-corrected chi connectivity index (χ2v) is 5.15. The Hall–Kier alpha value is -1.68. The number of rotatable bonds is 2. The number of aromatic nitrogens is 2. The minimum absolute atomic E-state index is 0.814. The fraction of sp³-hybridized carbons (Fsp3) is 0.231. The van der Waals surface area contributed by atoms with E-state index in [0.29, 0.717) is 0 Å². The van der Waals surface area contributed by atoms with Gasteiger partial charge in [-0.15, -0.1) is 11.3 Å². The molecule has 3 nitrogen and oxygen atoms in total. The lowest BCUT2D eigenvalue weighted by atomic mass is 10.2. The standard InChI is InChI=1S/C13H12N2OS/c1-3-11-14-9-7-8(2)17-13(9)12(15-11)10-5-4-6-16-10/h4-7H,3H2,1-2H3. The van der Waals surface area contributed by atoms with Gasteiger partial charge in [-0.05, 0) is 25.1 Å². The molecule has 3 rings (SSSR count). The summed E-state index contributed by atoms with van der Waals surface area (Å²) in [7, 11) is 0. The van der Waals surface area contributed by atoms with Crippen LogP contribution in [0.4, 0.5) is 0 Å². The predicted octanol–water partition coefficient (Wildman–Crippen LogP) is 3.82. The van der Waals surface area contributed by atoms with Crippen molar-refractivity contribution in [2.45, 2.75) is 20.3 Å². The maximum Gasteiger partial charge on any atom is 0.153 e. The van der Waals surface area contributed by atoms with Gasteiger partial charge in [0.15, 0.2) is 5.76 Å². The zero-order chi connectivity index (χ0) is 11.8. The molecule has 0 saturated carbocycles. The first-order chi connectivity index (χ1) is 8.28. The van der Waals surface area contributed by atoms with E-state index >= 15 is 0 Å². The Morgan fingerprint density at radius 2 is 2.24 bits per heavy atom. The molecular weight excluding hydrogens is 232 g/mol. The summed E-state index contributed by atoms with van der Waals surface area (Å²) >= 11 is 1.71. The van der Waals surface area contributed by atoms with Crippen molar-refractivity contribution in [3.8, 4) is 11.5 Å². The van der Waals surface area contributed by atoms with Crippen molar-refractivity contribution in [3.63, 3.8) is 0 Å². The molecular formula is C13H12N2OS. The van der Waals surface area contributed by atoms with Crippen molar-refractivity contribution < 1.29 is 4.42 Å². The van der Waals surface area contributed by atoms with Crippen LogP contribution >= 0.6 is 11.3 Å². The monoisotopic (exact) mass is 244 g/mol. The molecule has 0 N–H and O–H groups in total. The summed E-state index contributed by atoms with van der Waals surface area (Å²) in [6, 6.07) is 5.93. The van der Waals surface area contributed by atoms with Crippen molar-refractivity contribution in [2.24, 2.45) is 0 Å². The molecule has 3 heterocycles. The highest BCUT2D eigenvalue weighted by Gasteiger charge is 2.13. The van der Waals surface area contributed by atoms with Gasteiger partial charge < -0.3 is 4.42 Å². The molecule has 17 heavy (non-hydrogen) atoms. The molecule has 3 aromatic heterocycles. The summed E-state index contributed by atoms with van der Waals surface area (Å²) in [6.07, 6.45) is 2.51. The minimum atomic E-state index is 0.814. The van der Waals surface area contributed by atoms with Crippen LogP contribution in [-0.4, -0.2) is 9.97 Å². The fourth-order valence-corrected chi connectivity index (χ4v) is 2.78. The van der Waals surface area contributed by atoms with Crippen LogP contribution < -0.4 is 0 Å². The van der Waals surface area contributed by atoms with Gasteiger partial charge in [-0.1, -0.05) is 6.92 Å². The zero-order valence-electron chi connectivity index (χ0n) is 9.73. The Kier molecular flexibility index (Phi) is 2.44. The van der Waals surface area contributed by atoms with Crippen LogP contribution in [0.3, 0.4) is 0 Å². The number of thiophene rings is 1. The largest absolute Gasteiger partial charge is 0.463 e. The Balaban J connectivity index is 2.34. The van der Waals surface area contributed by atoms with Crippen LogP contribution in [0.25, 0.3) is 21.7 Å². The number of hydrogen-bond acceptors (Lipinski definition) is 4. The maximum atomic E-state index is 5.45. The molecule has 4 heteroatoms. The summed E-state index contributed by atoms with van der Waals surface area (Å²) in [5.74, 6) is 1.68. The molecule has 86 valence electrons. The fourth-order valence-electron chi connectivity index (χ4n) is 1.84. The van der Waals surface area contributed by atoms with E-state index in [2.05, 4.69) is 29.9 Å². The van der Waals surface area contributed by atoms with E-state index in [4.69, 9.17) is 4.42 Å². The van der Waals surface area contributed by atoms with Gasteiger partial charge in [0.05, 0.1) is 16.5 Å². The summed E-state index contributed by atoms with van der Waals surface area (Å²) in [5.41, 5.74) is 1.93. The third-order valence-electron chi connectivity index (χ3n) is 2.61. The molecule has 0 unspecified atom stereocenters. The van der Waals surface area contributed by atoms with Crippen molar-refractivity contribution >= 4 is 21.6 Å². The van der Waals surface area contributed by atoms with Gasteiger partial charge >= 0.3 is 0 Å². The Labute approximate surface area is 103 Å². The normalized spacial score (nSPS) is 11.2. The topological polar surface area (TPSA) is 38.9 Å². The van der Waals surface area contributed by atoms with Gasteiger partial charge in [-0.3, -0.25) is 0 Å². The maximum absolute atomic E-state index is 5.45. The van der Waals surface area contributed by atoms with Gasteiger partial charge in [0.25, 0.3) is 0 Å². The second-order valence-electron chi connectivity index (χ2n) is 3.89. The second kappa shape index (κ2) is 3.96. The van der Waals surface area contributed by atoms with E-state index in [9.17, 15) is 0 Å². The van der Waals surface area contributed by atoms with Crippen LogP contribution in [0.2, 0.25) is 0 Å². The number of furan rings is 1. The molecule has 0 fully saturated rings. The molecule has 0 atom stereocenters. The van der Waals surface area contributed by atoms with Crippen molar-refractivity contribution in [1.82, 2.24) is 9.97 Å². The highest BCUT2D eigenvalue weighted by molar-refractivity contribution is 7.19. The molecule has 0 saturated heterocycles. The van der Waals surface area contributed by atoms with E-state index in [0.717, 1.165) is 33.9 Å². The molecule has 3 aromatic rings. The molecule has 0 aliphatic rings. The van der Waals surface area contributed by atoms with Crippen LogP contribution in [0.15, 0.2) is 28.9 Å². The Bertz CT molecular complexity index is 655. The molecule has 0 radical (unpaired) electrons. The number of fused-ring (bicyclic) bond motifs is 1. The molecule has 0 aliphatic heterocycles. The lowest BCUT2D eigenvalue weighted by Crippen LogP contribution is -1.94. The van der Waals surface area contributed by atoms with Gasteiger partial charge in [-0.25, -0.2) is 9.97 Å². The van der Waals surface area contributed by atoms with Crippen LogP contribution in [0.1, 0.15) is 17.6 Å². The first kappa shape index (κ1) is 10.5. The Morgan fingerprint density at radius 3 is 2.94 bits per heavy atom. The van der Waals surface area contributed by atoms with Gasteiger partial charge in [-0.2, -0.15) is 0 Å². The number of nitrogens with zero attached hydrogens (tertiary/aromatic N) is 2. The van der Waals surface area contributed by atoms with Crippen LogP contribution in [-0.2, 0) is 6.42 Å². The van der Waals surface area contributed by atoms with Gasteiger partial charge in [0, 0.05) is 11.3 Å². The molecule has 0 spiro atoms. The summed E-state index contributed by atoms with van der Waals surface area (Å²) in [5, 5.41) is 0. The van der Waals surface area contributed by atoms with Crippen molar-refractivity contribution in [2.75, 3.05) is 0 Å². The third kappa shape index (κ3) is 1.74. The first-order valence-corrected chi connectivity index (χ1v) is 6.40. The molecule has 0 amide bonds. The van der Waals surface area contributed by atoms with Crippen molar-refractivity contribution in [1.29, 1.82) is 0 Å². The SMILES string of the molecule is CCc1nc(-c2ccco2)c2sc(C)cc2n1. The predicted molar refractivity (Wildman–Crippen MR) is 69.2 cm³/mol. The van der Waals surface area contributed by atoms with E-state index in [1.165, 1.54) is 4.88 Å². The first-order valence-electron chi connectivity index (χ1n) is 5.59. The minimum Gasteiger partial charge on any atom is -0.463 e. The highest BCUT2D eigenvalue weighted by atomic mass is 32.1. The van der Waals surface area contributed by atoms with Crippen LogP contribution in [0.5, 0.6) is 0 Å². The lowest BCUT2D eigenvalue weighted by molar-refractivity contribution is 0.580. The van der Waals surface area contributed by atoms with Gasteiger partial charge in [0.1, 0.15) is 11.5 Å². The smallest absolute Gasteiger partial charge is 0.153 e. The van der Waals surface area contributed by atoms with Crippen molar-refractivity contribution in [3.05, 3.63) is 35.2 Å². The summed E-state index contributed by atoms with van der Waals surface area (Å²) in [6.45, 7) is 4.15. The average molecular weight is 244 g/mol. The van der Waals surface area contributed by atoms with E-state index in [1.807, 2.05) is 12.1 Å². The highest BCUT2D eigenvalue weighted by Crippen LogP contribution is 2.32. The lowest BCUT2D eigenvalue weighted by Gasteiger charge is -2.01. The third-order valence-corrected chi connectivity index (χ3v) is 3.66. The number of hydrogen-bond donors (Lipinski definition) is 0. The molecule has 0 bridgehead atoms. The molecule has 0 aliphatic carbocycles. The van der Waals surface area contributed by atoms with E-state index in [-0.39, 0.29) is 0 Å². The van der Waals surface area contributed by atoms with Crippen LogP contribution in [0, 0.1) is 6.92 Å². The van der Waals surface area contributed by atoms with E-state index in [1.54, 1.807) is 17.6 Å². The van der Waals surface area contributed by atoms with Gasteiger partial charge in [0.2, 0.25) is 0 Å². The zero-order valence-corrected chi connectivity index (χ0v) is 10.5. The summed E-state index contributed by atoms with van der Waals surface area (Å²) in [4.78, 5) is 10.4. The average Bonchev–Trinajstić information content (AvgIpc) is 2.94. The number of aryl methyl sites for hydroxylation is 2. The van der Waals surface area contributed by atoms with E-state index < -0.39 is 0 Å². The summed E-state index contributed by atoms with van der Waals surface area (Å²) < 4.78 is 6.56.